The van der Waals surface area contributed by atoms with Crippen molar-refractivity contribution in [2.75, 3.05) is 0 Å². The summed E-state index contributed by atoms with van der Waals surface area (Å²) < 4.78 is 0. The minimum absolute atomic E-state index is 0.205. The van der Waals surface area contributed by atoms with Gasteiger partial charge in [-0.25, -0.2) is 0 Å². The maximum absolute atomic E-state index is 11.8. The van der Waals surface area contributed by atoms with E-state index in [9.17, 15) is 4.79 Å². The fourth-order valence-corrected chi connectivity index (χ4v) is 2.22. The first-order valence-corrected chi connectivity index (χ1v) is 5.80. The van der Waals surface area contributed by atoms with E-state index < -0.39 is 0 Å². The van der Waals surface area contributed by atoms with Crippen LogP contribution in [0.3, 0.4) is 0 Å². The Labute approximate surface area is 80.9 Å². The molecule has 2 aliphatic rings. The molecule has 13 heavy (non-hydrogen) atoms. The molecule has 2 aliphatic carbocycles. The highest BCUT2D eigenvalue weighted by Gasteiger charge is 2.50. The second-order valence-corrected chi connectivity index (χ2v) is 4.95. The molecule has 1 heteroatoms. The first kappa shape index (κ1) is 9.23. The van der Waals surface area contributed by atoms with Gasteiger partial charge in [-0.05, 0) is 31.6 Å². The van der Waals surface area contributed by atoms with E-state index in [4.69, 9.17) is 0 Å². The summed E-state index contributed by atoms with van der Waals surface area (Å²) in [5.41, 5.74) is 0.205. The predicted molar refractivity (Wildman–Crippen MR) is 53.5 cm³/mol. The molecule has 0 atom stereocenters. The Kier molecular flexibility index (Phi) is 2.44. The number of carbonyl (C=O) groups is 1. The minimum Gasteiger partial charge on any atom is -0.299 e. The molecule has 0 aromatic heterocycles. The van der Waals surface area contributed by atoms with Crippen molar-refractivity contribution in [3.05, 3.63) is 0 Å². The van der Waals surface area contributed by atoms with Gasteiger partial charge in [0.05, 0.1) is 0 Å². The monoisotopic (exact) mass is 180 g/mol. The third-order valence-corrected chi connectivity index (χ3v) is 3.58. The van der Waals surface area contributed by atoms with Crippen LogP contribution < -0.4 is 0 Å². The van der Waals surface area contributed by atoms with Crippen LogP contribution in [0.15, 0.2) is 0 Å². The van der Waals surface area contributed by atoms with Gasteiger partial charge in [-0.15, -0.1) is 0 Å². The van der Waals surface area contributed by atoms with Gasteiger partial charge in [-0.1, -0.05) is 26.2 Å². The maximum atomic E-state index is 11.8. The van der Waals surface area contributed by atoms with Crippen LogP contribution in [-0.4, -0.2) is 5.78 Å². The summed E-state index contributed by atoms with van der Waals surface area (Å²) in [4.78, 5) is 11.8. The summed E-state index contributed by atoms with van der Waals surface area (Å²) in [7, 11) is 0. The highest BCUT2D eigenvalue weighted by Crippen LogP contribution is 2.56. The number of hydrogen-bond acceptors (Lipinski definition) is 1. The maximum Gasteiger partial charge on any atom is 0.139 e. The topological polar surface area (TPSA) is 17.1 Å². The Balaban J connectivity index is 1.79. The quantitative estimate of drug-likeness (QED) is 0.612. The molecule has 0 aliphatic heterocycles. The zero-order chi connectivity index (χ0) is 9.31. The van der Waals surface area contributed by atoms with Crippen molar-refractivity contribution in [2.24, 2.45) is 11.3 Å². The smallest absolute Gasteiger partial charge is 0.139 e. The second-order valence-electron chi connectivity index (χ2n) is 4.95. The zero-order valence-electron chi connectivity index (χ0n) is 8.64. The van der Waals surface area contributed by atoms with Gasteiger partial charge in [0.1, 0.15) is 5.78 Å². The lowest BCUT2D eigenvalue weighted by atomic mass is 9.91. The molecule has 0 bridgehead atoms. The summed E-state index contributed by atoms with van der Waals surface area (Å²) >= 11 is 0. The molecule has 0 spiro atoms. The van der Waals surface area contributed by atoms with Crippen molar-refractivity contribution in [1.82, 2.24) is 0 Å². The van der Waals surface area contributed by atoms with Gasteiger partial charge in [-0.3, -0.25) is 4.79 Å². The molecular formula is C12H20O. The van der Waals surface area contributed by atoms with E-state index in [2.05, 4.69) is 6.92 Å². The average Bonchev–Trinajstić information content (AvgIpc) is 2.98. The number of rotatable bonds is 6. The largest absolute Gasteiger partial charge is 0.299 e. The number of Topliss-reactive ketones (excluding diaryl/α,β-unsaturated/α-hetero) is 1. The third-order valence-electron chi connectivity index (χ3n) is 3.58. The second kappa shape index (κ2) is 3.43. The molecule has 74 valence electrons. The lowest BCUT2D eigenvalue weighted by Gasteiger charge is -2.12. The highest BCUT2D eigenvalue weighted by atomic mass is 16.1. The number of hydrogen-bond donors (Lipinski definition) is 0. The van der Waals surface area contributed by atoms with Crippen molar-refractivity contribution < 1.29 is 4.79 Å². The molecule has 2 saturated carbocycles. The molecule has 2 fully saturated rings. The fourth-order valence-electron chi connectivity index (χ4n) is 2.22. The summed E-state index contributed by atoms with van der Waals surface area (Å²) in [6.07, 6.45) is 9.53. The van der Waals surface area contributed by atoms with E-state index in [1.165, 1.54) is 32.1 Å². The van der Waals surface area contributed by atoms with E-state index in [1.54, 1.807) is 0 Å². The third kappa shape index (κ3) is 2.12. The van der Waals surface area contributed by atoms with Gasteiger partial charge in [-0.2, -0.15) is 0 Å². The molecule has 2 rings (SSSR count). The van der Waals surface area contributed by atoms with Gasteiger partial charge in [0.2, 0.25) is 0 Å². The van der Waals surface area contributed by atoms with Crippen LogP contribution in [0.4, 0.5) is 0 Å². The van der Waals surface area contributed by atoms with Gasteiger partial charge in [0, 0.05) is 11.8 Å². The van der Waals surface area contributed by atoms with Crippen LogP contribution in [0.2, 0.25) is 0 Å². The van der Waals surface area contributed by atoms with E-state index in [0.29, 0.717) is 5.78 Å². The number of unbranched alkanes of at least 4 members (excludes halogenated alkanes) is 1. The van der Waals surface area contributed by atoms with Gasteiger partial charge < -0.3 is 0 Å². The molecule has 0 heterocycles. The van der Waals surface area contributed by atoms with Crippen molar-refractivity contribution in [1.29, 1.82) is 0 Å². The molecule has 0 unspecified atom stereocenters. The van der Waals surface area contributed by atoms with Crippen molar-refractivity contribution in [2.45, 2.75) is 58.3 Å². The Hall–Kier alpha value is -0.330. The average molecular weight is 180 g/mol. The fraction of sp³-hybridized carbons (Fsp3) is 0.917. The summed E-state index contributed by atoms with van der Waals surface area (Å²) in [6.45, 7) is 2.16. The van der Waals surface area contributed by atoms with Crippen molar-refractivity contribution >= 4 is 5.78 Å². The Morgan fingerprint density at radius 1 is 1.38 bits per heavy atom. The van der Waals surface area contributed by atoms with Crippen LogP contribution in [0.5, 0.6) is 0 Å². The summed E-state index contributed by atoms with van der Waals surface area (Å²) in [5.74, 6) is 1.51. The van der Waals surface area contributed by atoms with E-state index in [-0.39, 0.29) is 5.41 Å². The molecule has 1 nitrogen and oxygen atoms in total. The molecular weight excluding hydrogens is 160 g/mol. The molecule has 0 aromatic carbocycles. The van der Waals surface area contributed by atoms with E-state index in [0.717, 1.165) is 25.2 Å². The molecule has 0 radical (unpaired) electrons. The zero-order valence-corrected chi connectivity index (χ0v) is 8.64. The Morgan fingerprint density at radius 3 is 2.54 bits per heavy atom. The normalized spacial score (nSPS) is 24.4. The number of carbonyl (C=O) groups excluding carboxylic acids is 1. The lowest BCUT2D eigenvalue weighted by molar-refractivity contribution is -0.124. The van der Waals surface area contributed by atoms with Crippen molar-refractivity contribution in [3.63, 3.8) is 0 Å². The van der Waals surface area contributed by atoms with Gasteiger partial charge in [0.15, 0.2) is 0 Å². The molecule has 0 N–H and O–H groups in total. The van der Waals surface area contributed by atoms with E-state index >= 15 is 0 Å². The van der Waals surface area contributed by atoms with Crippen LogP contribution in [-0.2, 0) is 4.79 Å². The van der Waals surface area contributed by atoms with Crippen LogP contribution in [0.25, 0.3) is 0 Å². The lowest BCUT2D eigenvalue weighted by Crippen LogP contribution is -2.16. The molecule has 0 aromatic rings. The summed E-state index contributed by atoms with van der Waals surface area (Å²) in [5, 5.41) is 0. The van der Waals surface area contributed by atoms with Gasteiger partial charge in [0.25, 0.3) is 0 Å². The molecule has 0 saturated heterocycles. The van der Waals surface area contributed by atoms with E-state index in [1.807, 2.05) is 0 Å². The van der Waals surface area contributed by atoms with Gasteiger partial charge >= 0.3 is 0 Å². The SMILES string of the molecule is CCCCC(=O)C1(CC2CC2)CC1. The first-order chi connectivity index (χ1) is 6.27. The highest BCUT2D eigenvalue weighted by molar-refractivity contribution is 5.87. The van der Waals surface area contributed by atoms with Crippen LogP contribution >= 0.6 is 0 Å². The standard InChI is InChI=1S/C12H20O/c1-2-3-4-11(13)12(7-8-12)9-10-5-6-10/h10H,2-9H2,1H3. The van der Waals surface area contributed by atoms with Crippen molar-refractivity contribution in [3.8, 4) is 0 Å². The first-order valence-electron chi connectivity index (χ1n) is 5.80. The van der Waals surface area contributed by atoms with Crippen LogP contribution in [0.1, 0.15) is 58.3 Å². The summed E-state index contributed by atoms with van der Waals surface area (Å²) in [6, 6.07) is 0. The Morgan fingerprint density at radius 2 is 2.08 bits per heavy atom. The predicted octanol–water partition coefficient (Wildman–Crippen LogP) is 3.33. The Bertz CT molecular complexity index is 199. The number of ketones is 1. The minimum atomic E-state index is 0.205. The molecule has 0 amide bonds. The van der Waals surface area contributed by atoms with Crippen LogP contribution in [0, 0.1) is 11.3 Å².